The van der Waals surface area contributed by atoms with Gasteiger partial charge in [-0.1, -0.05) is 51.9 Å². The highest BCUT2D eigenvalue weighted by atomic mass is 19.2. The molecule has 1 aromatic rings. The molecule has 2 N–H and O–H groups in total. The van der Waals surface area contributed by atoms with E-state index in [1.165, 1.54) is 19.3 Å². The monoisotopic (exact) mass is 442 g/mol. The third-order valence-corrected chi connectivity index (χ3v) is 4.78. The maximum atomic E-state index is 13.5. The van der Waals surface area contributed by atoms with Crippen molar-refractivity contribution in [1.29, 1.82) is 0 Å². The van der Waals surface area contributed by atoms with Gasteiger partial charge in [-0.3, -0.25) is 0 Å². The van der Waals surface area contributed by atoms with E-state index < -0.39 is 47.4 Å². The maximum absolute atomic E-state index is 13.5. The van der Waals surface area contributed by atoms with Gasteiger partial charge in [-0.25, -0.2) is 13.2 Å². The van der Waals surface area contributed by atoms with Crippen molar-refractivity contribution in [3.63, 3.8) is 0 Å². The van der Waals surface area contributed by atoms with Crippen LogP contribution >= 0.6 is 0 Å². The van der Waals surface area contributed by atoms with Crippen molar-refractivity contribution >= 4 is 0 Å². The van der Waals surface area contributed by atoms with Crippen molar-refractivity contribution in [3.05, 3.63) is 29.1 Å². The molecular formula is C21H31F5O4. The molecular weight excluding hydrogens is 411 g/mol. The molecule has 0 spiro atoms. The topological polar surface area (TPSA) is 58.9 Å². The molecule has 0 saturated heterocycles. The summed E-state index contributed by atoms with van der Waals surface area (Å²) in [6, 6.07) is 0. The lowest BCUT2D eigenvalue weighted by molar-refractivity contribution is -0.257. The predicted molar refractivity (Wildman–Crippen MR) is 101 cm³/mol. The molecule has 1 rings (SSSR count). The van der Waals surface area contributed by atoms with Gasteiger partial charge in [-0.2, -0.15) is 8.78 Å². The van der Waals surface area contributed by atoms with Crippen molar-refractivity contribution in [3.8, 4) is 5.75 Å². The first kappa shape index (κ1) is 26.6. The molecule has 4 nitrogen and oxygen atoms in total. The Labute approximate surface area is 174 Å². The van der Waals surface area contributed by atoms with E-state index in [0.29, 0.717) is 19.3 Å². The highest BCUT2D eigenvalue weighted by molar-refractivity contribution is 5.29. The van der Waals surface area contributed by atoms with E-state index in [9.17, 15) is 22.0 Å². The third kappa shape index (κ3) is 9.14. The molecule has 1 aromatic carbocycles. The van der Waals surface area contributed by atoms with Crippen molar-refractivity contribution < 1.29 is 41.6 Å². The molecule has 9 heteroatoms. The zero-order chi connectivity index (χ0) is 22.5. The molecule has 0 aliphatic carbocycles. The molecule has 0 amide bonds. The Kier molecular flexibility index (Phi) is 12.9. The molecule has 0 radical (unpaired) electrons. The fourth-order valence-electron chi connectivity index (χ4n) is 3.14. The van der Waals surface area contributed by atoms with Crippen LogP contribution in [0.15, 0.2) is 0 Å². The average molecular weight is 442 g/mol. The first-order chi connectivity index (χ1) is 14.3. The number of hydrogen-bond donors (Lipinski definition) is 2. The first-order valence-electron chi connectivity index (χ1n) is 10.4. The summed E-state index contributed by atoms with van der Waals surface area (Å²) < 4.78 is 76.1. The molecule has 0 aromatic heterocycles. The SMILES string of the molecule is CCCCCCCCCC(CCCCOc1c(F)c(F)c(F)c(F)c1F)OC(O)O. The Morgan fingerprint density at radius 2 is 1.13 bits per heavy atom. The molecule has 0 saturated carbocycles. The number of rotatable bonds is 16. The van der Waals surface area contributed by atoms with Crippen LogP contribution < -0.4 is 4.74 Å². The van der Waals surface area contributed by atoms with Crippen LogP contribution in [-0.2, 0) is 4.74 Å². The van der Waals surface area contributed by atoms with Gasteiger partial charge in [0.2, 0.25) is 29.1 Å². The minimum absolute atomic E-state index is 0.260. The minimum atomic E-state index is -2.23. The van der Waals surface area contributed by atoms with Crippen LogP contribution in [-0.4, -0.2) is 29.4 Å². The maximum Gasteiger partial charge on any atom is 0.266 e. The van der Waals surface area contributed by atoms with E-state index in [1.807, 2.05) is 0 Å². The number of hydrogen-bond acceptors (Lipinski definition) is 4. The summed E-state index contributed by atoms with van der Waals surface area (Å²) in [6.45, 7) is -0.00946. The number of aliphatic hydroxyl groups is 2. The van der Waals surface area contributed by atoms with Crippen molar-refractivity contribution in [2.24, 2.45) is 0 Å². The average Bonchev–Trinajstić information content (AvgIpc) is 2.71. The second kappa shape index (κ2) is 14.5. The van der Waals surface area contributed by atoms with Gasteiger partial charge in [0.15, 0.2) is 5.75 Å². The molecule has 1 unspecified atom stereocenters. The highest BCUT2D eigenvalue weighted by Crippen LogP contribution is 2.29. The van der Waals surface area contributed by atoms with E-state index >= 15 is 0 Å². The summed E-state index contributed by atoms with van der Waals surface area (Å²) in [5, 5.41) is 18.1. The number of unbranched alkanes of at least 4 members (excludes halogenated alkanes) is 7. The predicted octanol–water partition coefficient (Wildman–Crippen LogP) is 5.73. The molecule has 0 aliphatic rings. The number of benzene rings is 1. The van der Waals surface area contributed by atoms with E-state index in [1.54, 1.807) is 0 Å². The lowest BCUT2D eigenvalue weighted by atomic mass is 10.0. The normalized spacial score (nSPS) is 12.6. The highest BCUT2D eigenvalue weighted by Gasteiger charge is 2.26. The van der Waals surface area contributed by atoms with E-state index in [-0.39, 0.29) is 13.0 Å². The van der Waals surface area contributed by atoms with Gasteiger partial charge in [0.05, 0.1) is 12.7 Å². The van der Waals surface area contributed by atoms with Gasteiger partial charge >= 0.3 is 0 Å². The van der Waals surface area contributed by atoms with E-state index in [0.717, 1.165) is 25.7 Å². The summed E-state index contributed by atoms with van der Waals surface area (Å²) in [6.07, 6.45) is 9.11. The molecule has 0 aliphatic heterocycles. The van der Waals surface area contributed by atoms with Crippen molar-refractivity contribution in [1.82, 2.24) is 0 Å². The lowest BCUT2D eigenvalue weighted by Gasteiger charge is -2.19. The standard InChI is InChI=1S/C21H31F5O4/c1-2-3-4-5-6-7-8-11-14(30-21(27)28)12-9-10-13-29-20-18(25)16(23)15(22)17(24)19(20)26/h14,21,27-28H,2-13H2,1H3. The smallest absolute Gasteiger partial charge is 0.266 e. The summed E-state index contributed by atoms with van der Waals surface area (Å²) in [5.74, 6) is -11.6. The Bertz CT molecular complexity index is 599. The van der Waals surface area contributed by atoms with Crippen LogP contribution in [0.5, 0.6) is 5.75 Å². The van der Waals surface area contributed by atoms with Crippen LogP contribution in [0.4, 0.5) is 22.0 Å². The molecule has 30 heavy (non-hydrogen) atoms. The zero-order valence-electron chi connectivity index (χ0n) is 17.2. The Morgan fingerprint density at radius 3 is 1.67 bits per heavy atom. The van der Waals surface area contributed by atoms with Gasteiger partial charge in [0.1, 0.15) is 0 Å². The number of ether oxygens (including phenoxy) is 2. The third-order valence-electron chi connectivity index (χ3n) is 4.78. The van der Waals surface area contributed by atoms with Crippen LogP contribution in [0.2, 0.25) is 0 Å². The molecule has 1 atom stereocenters. The molecule has 0 heterocycles. The van der Waals surface area contributed by atoms with Gasteiger partial charge < -0.3 is 19.7 Å². The fourth-order valence-corrected chi connectivity index (χ4v) is 3.14. The van der Waals surface area contributed by atoms with Crippen molar-refractivity contribution in [2.45, 2.75) is 90.1 Å². The lowest BCUT2D eigenvalue weighted by Crippen LogP contribution is -2.21. The minimum Gasteiger partial charge on any atom is -0.487 e. The van der Waals surface area contributed by atoms with Crippen LogP contribution in [0, 0.1) is 29.1 Å². The van der Waals surface area contributed by atoms with Crippen molar-refractivity contribution in [2.75, 3.05) is 6.61 Å². The number of halogens is 5. The van der Waals surface area contributed by atoms with Crippen LogP contribution in [0.3, 0.4) is 0 Å². The summed E-state index contributed by atoms with van der Waals surface area (Å²) >= 11 is 0. The Morgan fingerprint density at radius 1 is 0.667 bits per heavy atom. The van der Waals surface area contributed by atoms with Crippen LogP contribution in [0.25, 0.3) is 0 Å². The van der Waals surface area contributed by atoms with Gasteiger partial charge in [-0.05, 0) is 25.7 Å². The van der Waals surface area contributed by atoms with Gasteiger partial charge in [0.25, 0.3) is 6.48 Å². The summed E-state index contributed by atoms with van der Waals surface area (Å²) in [4.78, 5) is 0. The quantitative estimate of drug-likeness (QED) is 0.113. The van der Waals surface area contributed by atoms with E-state index in [2.05, 4.69) is 6.92 Å². The number of aliphatic hydroxyl groups excluding tert-OH is 1. The van der Waals surface area contributed by atoms with Gasteiger partial charge in [0, 0.05) is 0 Å². The largest absolute Gasteiger partial charge is 0.487 e. The molecule has 0 bridgehead atoms. The fraction of sp³-hybridized carbons (Fsp3) is 0.714. The zero-order valence-corrected chi connectivity index (χ0v) is 17.2. The van der Waals surface area contributed by atoms with Crippen LogP contribution in [0.1, 0.15) is 77.6 Å². The first-order valence-corrected chi connectivity index (χ1v) is 10.4. The van der Waals surface area contributed by atoms with E-state index in [4.69, 9.17) is 19.7 Å². The molecule has 174 valence electrons. The second-order valence-corrected chi connectivity index (χ2v) is 7.24. The summed E-state index contributed by atoms with van der Waals surface area (Å²) in [7, 11) is 0. The molecule has 0 fully saturated rings. The second-order valence-electron chi connectivity index (χ2n) is 7.24. The van der Waals surface area contributed by atoms with Gasteiger partial charge in [-0.15, -0.1) is 0 Å². The Balaban J connectivity index is 2.36. The Hall–Kier alpha value is -1.45. The summed E-state index contributed by atoms with van der Waals surface area (Å²) in [5.41, 5.74) is 0.